The van der Waals surface area contributed by atoms with Crippen LogP contribution < -0.4 is 5.73 Å². The standard InChI is InChI=1S/C11H19NO/c1-9(2)6-10(13)7-11(8-12)4-3-5-11/h1,3-8,12H2,2H3. The molecule has 2 N–H and O–H groups in total. The molecule has 2 heteroatoms. The lowest BCUT2D eigenvalue weighted by atomic mass is 9.65. The Labute approximate surface area is 80.2 Å². The third-order valence-electron chi connectivity index (χ3n) is 2.92. The van der Waals surface area contributed by atoms with Crippen LogP contribution in [0.4, 0.5) is 0 Å². The van der Waals surface area contributed by atoms with Gasteiger partial charge < -0.3 is 5.73 Å². The Hall–Kier alpha value is -0.630. The molecule has 1 aliphatic carbocycles. The molecule has 0 unspecified atom stereocenters. The zero-order chi connectivity index (χ0) is 9.90. The lowest BCUT2D eigenvalue weighted by molar-refractivity contribution is -0.121. The number of carbonyl (C=O) groups excluding carboxylic acids is 1. The summed E-state index contributed by atoms with van der Waals surface area (Å²) in [5.41, 5.74) is 6.79. The van der Waals surface area contributed by atoms with Gasteiger partial charge in [-0.05, 0) is 31.7 Å². The van der Waals surface area contributed by atoms with Crippen molar-refractivity contribution in [2.45, 2.75) is 39.0 Å². The number of carbonyl (C=O) groups is 1. The quantitative estimate of drug-likeness (QED) is 0.659. The van der Waals surface area contributed by atoms with E-state index in [1.54, 1.807) is 0 Å². The highest BCUT2D eigenvalue weighted by atomic mass is 16.1. The van der Waals surface area contributed by atoms with E-state index >= 15 is 0 Å². The first-order chi connectivity index (χ1) is 6.08. The van der Waals surface area contributed by atoms with E-state index in [-0.39, 0.29) is 5.41 Å². The van der Waals surface area contributed by atoms with Gasteiger partial charge in [0, 0.05) is 12.8 Å². The van der Waals surface area contributed by atoms with Gasteiger partial charge >= 0.3 is 0 Å². The second-order valence-corrected chi connectivity index (χ2v) is 4.41. The SMILES string of the molecule is C=C(C)CC(=O)CC1(CN)CCC1. The Kier molecular flexibility index (Phi) is 3.26. The normalized spacial score (nSPS) is 19.2. The van der Waals surface area contributed by atoms with Crippen LogP contribution in [0.2, 0.25) is 0 Å². The summed E-state index contributed by atoms with van der Waals surface area (Å²) in [5, 5.41) is 0. The van der Waals surface area contributed by atoms with Gasteiger partial charge in [0.2, 0.25) is 0 Å². The van der Waals surface area contributed by atoms with E-state index in [0.717, 1.165) is 18.4 Å². The van der Waals surface area contributed by atoms with Crippen LogP contribution >= 0.6 is 0 Å². The summed E-state index contributed by atoms with van der Waals surface area (Å²) >= 11 is 0. The smallest absolute Gasteiger partial charge is 0.137 e. The van der Waals surface area contributed by atoms with Crippen molar-refractivity contribution in [3.8, 4) is 0 Å². The third-order valence-corrected chi connectivity index (χ3v) is 2.92. The molecule has 74 valence electrons. The molecular weight excluding hydrogens is 162 g/mol. The molecule has 0 bridgehead atoms. The molecule has 1 aliphatic rings. The summed E-state index contributed by atoms with van der Waals surface area (Å²) in [6.07, 6.45) is 4.69. The maximum atomic E-state index is 11.5. The molecule has 0 aliphatic heterocycles. The van der Waals surface area contributed by atoms with Gasteiger partial charge in [0.25, 0.3) is 0 Å². The molecule has 13 heavy (non-hydrogen) atoms. The second kappa shape index (κ2) is 4.05. The molecular formula is C11H19NO. The molecule has 0 aromatic rings. The molecule has 0 radical (unpaired) electrons. The molecule has 1 fully saturated rings. The molecule has 0 spiro atoms. The van der Waals surface area contributed by atoms with Crippen LogP contribution in [0.15, 0.2) is 12.2 Å². The minimum atomic E-state index is 0.159. The molecule has 2 nitrogen and oxygen atoms in total. The highest BCUT2D eigenvalue weighted by Crippen LogP contribution is 2.43. The largest absolute Gasteiger partial charge is 0.330 e. The summed E-state index contributed by atoms with van der Waals surface area (Å²) in [6, 6.07) is 0. The summed E-state index contributed by atoms with van der Waals surface area (Å²) in [5.74, 6) is 0.303. The van der Waals surface area contributed by atoms with Gasteiger partial charge in [-0.15, -0.1) is 0 Å². The van der Waals surface area contributed by atoms with Crippen molar-refractivity contribution in [3.63, 3.8) is 0 Å². The van der Waals surface area contributed by atoms with E-state index < -0.39 is 0 Å². The number of hydrogen-bond acceptors (Lipinski definition) is 2. The predicted octanol–water partition coefficient (Wildman–Crippen LogP) is 2.04. The van der Waals surface area contributed by atoms with Crippen LogP contribution in [0.1, 0.15) is 39.0 Å². The first-order valence-corrected chi connectivity index (χ1v) is 4.94. The Balaban J connectivity index is 2.38. The number of allylic oxidation sites excluding steroid dienone is 1. The number of rotatable bonds is 5. The van der Waals surface area contributed by atoms with Gasteiger partial charge in [-0.2, -0.15) is 0 Å². The first-order valence-electron chi connectivity index (χ1n) is 4.94. The second-order valence-electron chi connectivity index (χ2n) is 4.41. The van der Waals surface area contributed by atoms with Crippen molar-refractivity contribution in [2.75, 3.05) is 6.54 Å². The van der Waals surface area contributed by atoms with E-state index in [1.807, 2.05) is 6.92 Å². The Morgan fingerprint density at radius 2 is 2.15 bits per heavy atom. The van der Waals surface area contributed by atoms with E-state index in [2.05, 4.69) is 6.58 Å². The minimum absolute atomic E-state index is 0.159. The molecule has 0 aromatic heterocycles. The zero-order valence-corrected chi connectivity index (χ0v) is 8.44. The Morgan fingerprint density at radius 1 is 1.54 bits per heavy atom. The fourth-order valence-electron chi connectivity index (χ4n) is 1.95. The van der Waals surface area contributed by atoms with Crippen LogP contribution in [0.3, 0.4) is 0 Å². The molecule has 0 amide bonds. The third kappa shape index (κ3) is 2.66. The lowest BCUT2D eigenvalue weighted by Gasteiger charge is -2.40. The van der Waals surface area contributed by atoms with Crippen molar-refractivity contribution in [1.82, 2.24) is 0 Å². The average molecular weight is 181 g/mol. The van der Waals surface area contributed by atoms with Crippen LogP contribution in [0.5, 0.6) is 0 Å². The van der Waals surface area contributed by atoms with Crippen molar-refractivity contribution < 1.29 is 4.79 Å². The highest BCUT2D eigenvalue weighted by molar-refractivity contribution is 5.81. The van der Waals surface area contributed by atoms with Gasteiger partial charge in [-0.1, -0.05) is 18.6 Å². The van der Waals surface area contributed by atoms with Gasteiger partial charge in [0.1, 0.15) is 5.78 Å². The lowest BCUT2D eigenvalue weighted by Crippen LogP contribution is -2.39. The Bertz CT molecular complexity index is 211. The van der Waals surface area contributed by atoms with Gasteiger partial charge in [-0.3, -0.25) is 4.79 Å². The molecule has 0 heterocycles. The maximum Gasteiger partial charge on any atom is 0.137 e. The molecule has 0 saturated heterocycles. The van der Waals surface area contributed by atoms with Crippen molar-refractivity contribution in [3.05, 3.63) is 12.2 Å². The molecule has 1 rings (SSSR count). The van der Waals surface area contributed by atoms with Crippen molar-refractivity contribution >= 4 is 5.78 Å². The summed E-state index contributed by atoms with van der Waals surface area (Å²) in [4.78, 5) is 11.5. The fourth-order valence-corrected chi connectivity index (χ4v) is 1.95. The van der Waals surface area contributed by atoms with E-state index in [1.165, 1.54) is 6.42 Å². The molecule has 1 saturated carbocycles. The predicted molar refractivity (Wildman–Crippen MR) is 54.4 cm³/mol. The van der Waals surface area contributed by atoms with Crippen LogP contribution in [0, 0.1) is 5.41 Å². The van der Waals surface area contributed by atoms with Crippen molar-refractivity contribution in [2.24, 2.45) is 11.1 Å². The van der Waals surface area contributed by atoms with E-state index in [0.29, 0.717) is 25.2 Å². The number of nitrogens with two attached hydrogens (primary N) is 1. The topological polar surface area (TPSA) is 43.1 Å². The van der Waals surface area contributed by atoms with Crippen LogP contribution in [-0.2, 0) is 4.79 Å². The monoisotopic (exact) mass is 181 g/mol. The Morgan fingerprint density at radius 3 is 2.46 bits per heavy atom. The fraction of sp³-hybridized carbons (Fsp3) is 0.727. The maximum absolute atomic E-state index is 11.5. The summed E-state index contributed by atoms with van der Waals surface area (Å²) < 4.78 is 0. The van der Waals surface area contributed by atoms with Crippen molar-refractivity contribution in [1.29, 1.82) is 0 Å². The highest BCUT2D eigenvalue weighted by Gasteiger charge is 2.37. The van der Waals surface area contributed by atoms with Crippen LogP contribution in [0.25, 0.3) is 0 Å². The summed E-state index contributed by atoms with van der Waals surface area (Å²) in [7, 11) is 0. The van der Waals surface area contributed by atoms with Gasteiger partial charge in [-0.25, -0.2) is 0 Å². The van der Waals surface area contributed by atoms with E-state index in [9.17, 15) is 4.79 Å². The first kappa shape index (κ1) is 10.5. The van der Waals surface area contributed by atoms with Gasteiger partial charge in [0.15, 0.2) is 0 Å². The van der Waals surface area contributed by atoms with E-state index in [4.69, 9.17) is 5.73 Å². The number of Topliss-reactive ketones (excluding diaryl/α,β-unsaturated/α-hetero) is 1. The minimum Gasteiger partial charge on any atom is -0.330 e. The average Bonchev–Trinajstić information content (AvgIpc) is 1.95. The zero-order valence-electron chi connectivity index (χ0n) is 8.44. The molecule has 0 atom stereocenters. The van der Waals surface area contributed by atoms with Gasteiger partial charge in [0.05, 0.1) is 0 Å². The molecule has 0 aromatic carbocycles. The summed E-state index contributed by atoms with van der Waals surface area (Å²) in [6.45, 7) is 6.30. The number of ketones is 1. The number of hydrogen-bond donors (Lipinski definition) is 1. The van der Waals surface area contributed by atoms with Crippen LogP contribution in [-0.4, -0.2) is 12.3 Å².